The molecule has 0 amide bonds. The highest BCUT2D eigenvalue weighted by Gasteiger charge is 2.63. The first-order chi connectivity index (χ1) is 14.0. The molecule has 1 aromatic rings. The fraction of sp³-hybridized carbons (Fsp3) is 0.793. The van der Waals surface area contributed by atoms with Gasteiger partial charge in [0, 0.05) is 0 Å². The Bertz CT molecular complexity index is 714. The molecule has 0 saturated heterocycles. The number of rotatable bonds is 3. The third-order valence-corrected chi connectivity index (χ3v) is 11.1. The molecule has 0 aliphatic heterocycles. The normalized spacial score (nSPS) is 50.3. The van der Waals surface area contributed by atoms with Crippen molar-refractivity contribution in [3.8, 4) is 0 Å². The molecule has 0 nitrogen and oxygen atoms in total. The van der Waals surface area contributed by atoms with Crippen molar-refractivity contribution in [1.82, 2.24) is 0 Å². The van der Waals surface area contributed by atoms with Crippen molar-refractivity contribution in [3.63, 3.8) is 0 Å². The quantitative estimate of drug-likeness (QED) is 0.495. The molecule has 0 heteroatoms. The van der Waals surface area contributed by atoms with Crippen LogP contribution in [0.5, 0.6) is 0 Å². The third-order valence-electron chi connectivity index (χ3n) is 11.1. The topological polar surface area (TPSA) is 0 Å². The van der Waals surface area contributed by atoms with E-state index in [-0.39, 0.29) is 0 Å². The summed E-state index contributed by atoms with van der Waals surface area (Å²) in [6.45, 7) is 4.79. The molecule has 156 valence electrons. The van der Waals surface area contributed by atoms with Gasteiger partial charge in [-0.15, -0.1) is 0 Å². The molecule has 8 aliphatic rings. The average molecular weight is 389 g/mol. The van der Waals surface area contributed by atoms with Gasteiger partial charge in [-0.2, -0.15) is 0 Å². The van der Waals surface area contributed by atoms with Crippen molar-refractivity contribution in [2.24, 2.45) is 46.3 Å². The number of benzene rings is 1. The van der Waals surface area contributed by atoms with Crippen LogP contribution in [0.3, 0.4) is 0 Å². The molecule has 1 aromatic carbocycles. The van der Waals surface area contributed by atoms with Crippen LogP contribution in [0.1, 0.15) is 99.7 Å². The fourth-order valence-electron chi connectivity index (χ4n) is 11.4. The van der Waals surface area contributed by atoms with Crippen LogP contribution in [0.4, 0.5) is 0 Å². The fourth-order valence-corrected chi connectivity index (χ4v) is 11.4. The Hall–Kier alpha value is -0.780. The number of hydrogen-bond acceptors (Lipinski definition) is 0. The predicted molar refractivity (Wildman–Crippen MR) is 120 cm³/mol. The molecule has 8 saturated carbocycles. The van der Waals surface area contributed by atoms with E-state index in [4.69, 9.17) is 0 Å². The smallest absolute Gasteiger partial charge is 0.00454 e. The van der Waals surface area contributed by atoms with Gasteiger partial charge in [0.25, 0.3) is 0 Å². The molecule has 8 bridgehead atoms. The summed E-state index contributed by atoms with van der Waals surface area (Å²) in [6, 6.07) is 7.51. The van der Waals surface area contributed by atoms with E-state index in [0.717, 1.165) is 41.4 Å². The number of hydrogen-bond donors (Lipinski definition) is 0. The lowest BCUT2D eigenvalue weighted by Gasteiger charge is -2.67. The summed E-state index contributed by atoms with van der Waals surface area (Å²) < 4.78 is 0. The molecule has 29 heavy (non-hydrogen) atoms. The minimum absolute atomic E-state index is 0.652. The summed E-state index contributed by atoms with van der Waals surface area (Å²) in [6.07, 6.45) is 19.0. The van der Waals surface area contributed by atoms with E-state index in [9.17, 15) is 0 Å². The molecular weight excluding hydrogens is 348 g/mol. The lowest BCUT2D eigenvalue weighted by molar-refractivity contribution is -0.144. The van der Waals surface area contributed by atoms with Crippen LogP contribution in [0.2, 0.25) is 0 Å². The first-order valence-corrected chi connectivity index (χ1v) is 13.1. The lowest BCUT2D eigenvalue weighted by Crippen LogP contribution is -2.57. The van der Waals surface area contributed by atoms with Gasteiger partial charge >= 0.3 is 0 Å². The van der Waals surface area contributed by atoms with Crippen LogP contribution in [-0.4, -0.2) is 0 Å². The van der Waals surface area contributed by atoms with Crippen LogP contribution < -0.4 is 0 Å². The van der Waals surface area contributed by atoms with E-state index in [1.165, 1.54) is 5.56 Å². The summed E-state index contributed by atoms with van der Waals surface area (Å²) >= 11 is 0. The summed E-state index contributed by atoms with van der Waals surface area (Å²) in [7, 11) is 0. The van der Waals surface area contributed by atoms with Gasteiger partial charge in [0.05, 0.1) is 0 Å². The minimum atomic E-state index is 0.652. The second-order valence-electron chi connectivity index (χ2n) is 13.4. The van der Waals surface area contributed by atoms with Crippen LogP contribution >= 0.6 is 0 Å². The van der Waals surface area contributed by atoms with Gasteiger partial charge in [0.2, 0.25) is 0 Å². The SMILES string of the molecule is Cc1ccc(C)c(C(C23CC4CC(CC(C4)C2)C3)C23CC4CC(CC(C4)C2)C3)c1. The highest BCUT2D eigenvalue weighted by Crippen LogP contribution is 2.74. The molecule has 8 fully saturated rings. The second-order valence-corrected chi connectivity index (χ2v) is 13.4. The standard InChI is InChI=1S/C29H40/c1-18-3-4-19(2)26(5-18)27(28-12-20-6-21(13-28)8-22(7-20)14-28)29-15-23-9-24(16-29)11-25(10-23)17-29/h3-5,20-25,27H,6-17H2,1-2H3. The van der Waals surface area contributed by atoms with Crippen LogP contribution in [0.25, 0.3) is 0 Å². The maximum Gasteiger partial charge on any atom is -0.00454 e. The van der Waals surface area contributed by atoms with Gasteiger partial charge in [0.1, 0.15) is 0 Å². The molecule has 0 atom stereocenters. The van der Waals surface area contributed by atoms with Crippen LogP contribution in [0, 0.1) is 60.2 Å². The van der Waals surface area contributed by atoms with Crippen molar-refractivity contribution >= 4 is 0 Å². The molecule has 0 heterocycles. The van der Waals surface area contributed by atoms with E-state index in [1.54, 1.807) is 82.6 Å². The Morgan fingerprint density at radius 3 is 1.38 bits per heavy atom. The molecule has 0 spiro atoms. The highest BCUT2D eigenvalue weighted by molar-refractivity contribution is 5.38. The van der Waals surface area contributed by atoms with Crippen LogP contribution in [-0.2, 0) is 0 Å². The Morgan fingerprint density at radius 1 is 0.621 bits per heavy atom. The monoisotopic (exact) mass is 388 g/mol. The summed E-state index contributed by atoms with van der Waals surface area (Å²) in [5.41, 5.74) is 6.24. The second kappa shape index (κ2) is 5.92. The largest absolute Gasteiger partial charge is 0.0590 e. The Balaban J connectivity index is 1.40. The Labute approximate surface area is 178 Å². The third kappa shape index (κ3) is 2.56. The van der Waals surface area contributed by atoms with Gasteiger partial charge < -0.3 is 0 Å². The summed E-state index contributed by atoms with van der Waals surface area (Å²) in [5, 5.41) is 0. The maximum absolute atomic E-state index is 2.66. The van der Waals surface area contributed by atoms with Gasteiger partial charge in [-0.3, -0.25) is 0 Å². The molecule has 8 aliphatic carbocycles. The first kappa shape index (κ1) is 17.9. The zero-order chi connectivity index (χ0) is 19.4. The average Bonchev–Trinajstić information content (AvgIpc) is 2.62. The van der Waals surface area contributed by atoms with E-state index in [2.05, 4.69) is 32.0 Å². The van der Waals surface area contributed by atoms with E-state index < -0.39 is 0 Å². The molecule has 0 radical (unpaired) electrons. The molecule has 0 unspecified atom stereocenters. The van der Waals surface area contributed by atoms with Gasteiger partial charge in [-0.05, 0) is 154 Å². The molecule has 0 aromatic heterocycles. The molecule has 9 rings (SSSR count). The highest BCUT2D eigenvalue weighted by atomic mass is 14.7. The molecule has 0 N–H and O–H groups in total. The Morgan fingerprint density at radius 2 is 1.00 bits per heavy atom. The zero-order valence-corrected chi connectivity index (χ0v) is 18.8. The van der Waals surface area contributed by atoms with Crippen molar-refractivity contribution < 1.29 is 0 Å². The van der Waals surface area contributed by atoms with E-state index in [0.29, 0.717) is 10.8 Å². The van der Waals surface area contributed by atoms with Gasteiger partial charge in [-0.1, -0.05) is 23.8 Å². The molecular formula is C29H40. The zero-order valence-electron chi connectivity index (χ0n) is 18.8. The van der Waals surface area contributed by atoms with Crippen LogP contribution in [0.15, 0.2) is 18.2 Å². The predicted octanol–water partition coefficient (Wildman–Crippen LogP) is 7.82. The lowest BCUT2D eigenvalue weighted by atomic mass is 9.37. The van der Waals surface area contributed by atoms with Gasteiger partial charge in [-0.25, -0.2) is 0 Å². The van der Waals surface area contributed by atoms with Gasteiger partial charge in [0.15, 0.2) is 0 Å². The maximum atomic E-state index is 2.66. The van der Waals surface area contributed by atoms with Crippen molar-refractivity contribution in [3.05, 3.63) is 34.9 Å². The summed E-state index contributed by atoms with van der Waals surface area (Å²) in [5.74, 6) is 7.30. The Kier molecular flexibility index (Phi) is 3.65. The minimum Gasteiger partial charge on any atom is -0.0590 e. The summed E-state index contributed by atoms with van der Waals surface area (Å²) in [4.78, 5) is 0. The van der Waals surface area contributed by atoms with Crippen molar-refractivity contribution in [2.75, 3.05) is 0 Å². The van der Waals surface area contributed by atoms with E-state index in [1.807, 2.05) is 5.56 Å². The van der Waals surface area contributed by atoms with Crippen molar-refractivity contribution in [1.29, 1.82) is 0 Å². The van der Waals surface area contributed by atoms with E-state index >= 15 is 0 Å². The number of aryl methyl sites for hydroxylation is 2. The first-order valence-electron chi connectivity index (χ1n) is 13.1. The van der Waals surface area contributed by atoms with Crippen molar-refractivity contribution in [2.45, 2.75) is 96.8 Å².